The number of ether oxygens (including phenoxy) is 3. The van der Waals surface area contributed by atoms with E-state index in [0.717, 1.165) is 22.7 Å². The number of methoxy groups -OCH3 is 1. The summed E-state index contributed by atoms with van der Waals surface area (Å²) in [5.41, 5.74) is 1.77. The molecule has 27 heavy (non-hydrogen) atoms. The van der Waals surface area contributed by atoms with Crippen molar-refractivity contribution >= 4 is 29.1 Å². The summed E-state index contributed by atoms with van der Waals surface area (Å²) in [7, 11) is 1.60. The first-order valence-corrected chi connectivity index (χ1v) is 8.65. The molecule has 2 heterocycles. The number of aromatic nitrogens is 2. The fraction of sp³-hybridized carbons (Fsp3) is 0.158. The van der Waals surface area contributed by atoms with Crippen LogP contribution in [0.4, 0.5) is 17.5 Å². The van der Waals surface area contributed by atoms with Crippen molar-refractivity contribution in [3.63, 3.8) is 0 Å². The molecule has 0 aliphatic carbocycles. The molecule has 1 aliphatic rings. The zero-order valence-electron chi connectivity index (χ0n) is 14.5. The second-order valence-electron chi connectivity index (χ2n) is 5.78. The van der Waals surface area contributed by atoms with Crippen LogP contribution in [-0.4, -0.2) is 23.9 Å². The summed E-state index contributed by atoms with van der Waals surface area (Å²) in [5, 5.41) is 7.01. The standard InChI is InChI=1S/C19H17ClN4O3/c1-25-15-5-3-13(20)9-14(15)23-18-6-7-21-19(24-18)22-10-12-2-4-16-17(8-12)27-11-26-16/h2-9H,10-11H2,1H3,(H2,21,22,23,24). The van der Waals surface area contributed by atoms with E-state index < -0.39 is 0 Å². The van der Waals surface area contributed by atoms with Gasteiger partial charge >= 0.3 is 0 Å². The zero-order valence-corrected chi connectivity index (χ0v) is 15.3. The molecule has 1 aromatic heterocycles. The Bertz CT molecular complexity index is 967. The lowest BCUT2D eigenvalue weighted by Gasteiger charge is -2.12. The van der Waals surface area contributed by atoms with Gasteiger partial charge in [-0.05, 0) is 42.0 Å². The first-order valence-electron chi connectivity index (χ1n) is 8.27. The Morgan fingerprint density at radius 2 is 2.00 bits per heavy atom. The Kier molecular flexibility index (Phi) is 4.84. The van der Waals surface area contributed by atoms with Crippen molar-refractivity contribution < 1.29 is 14.2 Å². The van der Waals surface area contributed by atoms with Crippen molar-refractivity contribution in [2.45, 2.75) is 6.54 Å². The molecule has 0 spiro atoms. The van der Waals surface area contributed by atoms with E-state index in [0.29, 0.717) is 29.1 Å². The average molecular weight is 385 g/mol. The van der Waals surface area contributed by atoms with E-state index in [4.69, 9.17) is 25.8 Å². The van der Waals surface area contributed by atoms with Gasteiger partial charge in [0.1, 0.15) is 11.6 Å². The van der Waals surface area contributed by atoms with Crippen LogP contribution in [-0.2, 0) is 6.54 Å². The van der Waals surface area contributed by atoms with E-state index in [1.54, 1.807) is 37.6 Å². The van der Waals surface area contributed by atoms with E-state index in [1.807, 2.05) is 18.2 Å². The second kappa shape index (κ2) is 7.59. The van der Waals surface area contributed by atoms with Crippen LogP contribution in [0.25, 0.3) is 0 Å². The van der Waals surface area contributed by atoms with E-state index in [2.05, 4.69) is 20.6 Å². The monoisotopic (exact) mass is 384 g/mol. The Labute approximate surface area is 161 Å². The van der Waals surface area contributed by atoms with E-state index in [-0.39, 0.29) is 6.79 Å². The van der Waals surface area contributed by atoms with E-state index >= 15 is 0 Å². The van der Waals surface area contributed by atoms with Crippen LogP contribution in [0.2, 0.25) is 5.02 Å². The Hall–Kier alpha value is -3.19. The lowest BCUT2D eigenvalue weighted by atomic mass is 10.2. The van der Waals surface area contributed by atoms with Gasteiger partial charge in [0.15, 0.2) is 11.5 Å². The third-order valence-corrected chi connectivity index (χ3v) is 4.20. The largest absolute Gasteiger partial charge is 0.495 e. The predicted octanol–water partition coefficient (Wildman–Crippen LogP) is 4.22. The molecule has 0 bridgehead atoms. The molecule has 0 saturated carbocycles. The summed E-state index contributed by atoms with van der Waals surface area (Å²) in [5.74, 6) is 3.31. The fourth-order valence-corrected chi connectivity index (χ4v) is 2.83. The Balaban J connectivity index is 1.46. The molecule has 0 unspecified atom stereocenters. The molecule has 0 radical (unpaired) electrons. The van der Waals surface area contributed by atoms with E-state index in [1.165, 1.54) is 0 Å². The van der Waals surface area contributed by atoms with Crippen molar-refractivity contribution in [2.24, 2.45) is 0 Å². The summed E-state index contributed by atoms with van der Waals surface area (Å²) in [6.45, 7) is 0.816. The maximum Gasteiger partial charge on any atom is 0.231 e. The molecule has 3 aromatic rings. The molecule has 138 valence electrons. The lowest BCUT2D eigenvalue weighted by Crippen LogP contribution is -2.05. The van der Waals surface area contributed by atoms with Gasteiger partial charge in [-0.25, -0.2) is 4.98 Å². The van der Waals surface area contributed by atoms with Crippen LogP contribution >= 0.6 is 11.6 Å². The summed E-state index contributed by atoms with van der Waals surface area (Å²) in [6, 6.07) is 12.9. The lowest BCUT2D eigenvalue weighted by molar-refractivity contribution is 0.174. The molecular formula is C19H17ClN4O3. The van der Waals surface area contributed by atoms with Crippen LogP contribution in [0.5, 0.6) is 17.2 Å². The highest BCUT2D eigenvalue weighted by molar-refractivity contribution is 6.31. The van der Waals surface area contributed by atoms with Gasteiger partial charge in [-0.3, -0.25) is 0 Å². The highest BCUT2D eigenvalue weighted by Gasteiger charge is 2.13. The van der Waals surface area contributed by atoms with Crippen molar-refractivity contribution in [2.75, 3.05) is 24.5 Å². The number of nitrogens with zero attached hydrogens (tertiary/aromatic N) is 2. The third kappa shape index (κ3) is 3.98. The average Bonchev–Trinajstić information content (AvgIpc) is 3.15. The van der Waals surface area contributed by atoms with Crippen LogP contribution in [0.3, 0.4) is 0 Å². The summed E-state index contributed by atoms with van der Waals surface area (Å²) in [4.78, 5) is 8.73. The number of benzene rings is 2. The van der Waals surface area contributed by atoms with Gasteiger partial charge in [-0.15, -0.1) is 0 Å². The number of anilines is 3. The molecule has 1 aliphatic heterocycles. The van der Waals surface area contributed by atoms with Crippen molar-refractivity contribution in [3.8, 4) is 17.2 Å². The molecule has 7 nitrogen and oxygen atoms in total. The molecule has 8 heteroatoms. The molecule has 4 rings (SSSR count). The summed E-state index contributed by atoms with van der Waals surface area (Å²) < 4.78 is 16.1. The minimum absolute atomic E-state index is 0.260. The molecule has 2 aromatic carbocycles. The second-order valence-corrected chi connectivity index (χ2v) is 6.21. The molecule has 2 N–H and O–H groups in total. The van der Waals surface area contributed by atoms with Gasteiger partial charge in [-0.2, -0.15) is 4.98 Å². The first-order chi connectivity index (χ1) is 13.2. The molecule has 0 saturated heterocycles. The Morgan fingerprint density at radius 3 is 2.89 bits per heavy atom. The quantitative estimate of drug-likeness (QED) is 0.658. The minimum Gasteiger partial charge on any atom is -0.495 e. The molecule has 0 amide bonds. The van der Waals surface area contributed by atoms with Crippen molar-refractivity contribution in [3.05, 3.63) is 59.2 Å². The number of halogens is 1. The van der Waals surface area contributed by atoms with Gasteiger partial charge in [0.25, 0.3) is 0 Å². The number of hydrogen-bond acceptors (Lipinski definition) is 7. The number of nitrogens with one attached hydrogen (secondary N) is 2. The van der Waals surface area contributed by atoms with Crippen LogP contribution in [0, 0.1) is 0 Å². The fourth-order valence-electron chi connectivity index (χ4n) is 2.66. The van der Waals surface area contributed by atoms with E-state index in [9.17, 15) is 0 Å². The van der Waals surface area contributed by atoms with Gasteiger partial charge in [0.2, 0.25) is 12.7 Å². The summed E-state index contributed by atoms with van der Waals surface area (Å²) >= 11 is 6.07. The zero-order chi connectivity index (χ0) is 18.6. The first kappa shape index (κ1) is 17.2. The van der Waals surface area contributed by atoms with Gasteiger partial charge < -0.3 is 24.8 Å². The predicted molar refractivity (Wildman–Crippen MR) is 103 cm³/mol. The maximum atomic E-state index is 6.07. The van der Waals surface area contributed by atoms with Gasteiger partial charge in [0, 0.05) is 17.8 Å². The number of hydrogen-bond donors (Lipinski definition) is 2. The number of rotatable bonds is 6. The van der Waals surface area contributed by atoms with Crippen LogP contribution in [0.1, 0.15) is 5.56 Å². The third-order valence-electron chi connectivity index (χ3n) is 3.97. The maximum absolute atomic E-state index is 6.07. The highest BCUT2D eigenvalue weighted by atomic mass is 35.5. The van der Waals surface area contributed by atoms with Gasteiger partial charge in [-0.1, -0.05) is 17.7 Å². The van der Waals surface area contributed by atoms with Crippen molar-refractivity contribution in [1.82, 2.24) is 9.97 Å². The normalized spacial score (nSPS) is 11.9. The highest BCUT2D eigenvalue weighted by Crippen LogP contribution is 2.33. The Morgan fingerprint density at radius 1 is 1.11 bits per heavy atom. The summed E-state index contributed by atoms with van der Waals surface area (Å²) in [6.07, 6.45) is 1.67. The number of fused-ring (bicyclic) bond motifs is 1. The minimum atomic E-state index is 0.260. The topological polar surface area (TPSA) is 77.5 Å². The molecule has 0 atom stereocenters. The van der Waals surface area contributed by atoms with Crippen LogP contribution < -0.4 is 24.8 Å². The van der Waals surface area contributed by atoms with Crippen LogP contribution in [0.15, 0.2) is 48.7 Å². The van der Waals surface area contributed by atoms with Gasteiger partial charge in [0.05, 0.1) is 12.8 Å². The SMILES string of the molecule is COc1ccc(Cl)cc1Nc1ccnc(NCc2ccc3c(c2)OCO3)n1. The molecule has 0 fully saturated rings. The molecular weight excluding hydrogens is 368 g/mol. The van der Waals surface area contributed by atoms with Crippen molar-refractivity contribution in [1.29, 1.82) is 0 Å². The smallest absolute Gasteiger partial charge is 0.231 e.